The predicted molar refractivity (Wildman–Crippen MR) is 421 cm³/mol. The Balaban J connectivity index is 0.000000263. The average Bonchev–Trinajstić information content (AvgIpc) is 1.65. The third-order valence-electron chi connectivity index (χ3n) is 14.9. The van der Waals surface area contributed by atoms with Gasteiger partial charge in [-0.2, -0.15) is 15.0 Å². The maximum absolute atomic E-state index is 12.3. The number of hydrogen-bond donors (Lipinski definition) is 5. The van der Waals surface area contributed by atoms with Crippen molar-refractivity contribution in [1.29, 1.82) is 0 Å². The number of carbonyl (C=O) groups is 21. The molecule has 6 aromatic rings. The van der Waals surface area contributed by atoms with Gasteiger partial charge in [-0.3, -0.25) is 112 Å². The van der Waals surface area contributed by atoms with Crippen LogP contribution in [0.1, 0.15) is 156 Å². The standard InChI is InChI=1S/C18H19N3O6.C16H17N3O5.2C15H13N3O5.C12H9NO3.C5H10O2/c1-11(22)21(17(26)27-18(2,3)4)19-16(25)12-5-7-13(8-6-12)20-14(23)9-10-15(20)24;1-16(2,3)24-15(23)18-17-14(22)10-4-6-11(7-5-10)19-12(20)8-9-13(19)21;1-9(19)18(10(2)20)16-15(23)11-3-5-12(6-4-11)17-13(21)7-8-14(17)22;1-9(19)16-18(10(2)20)15(23)11-3-5-12(6-4-11)17-13(21)7-8-14(17)22;1-8(14)9-2-4-10(5-3-9)13-11(15)6-7-12(13)16;1-5(2,3)7-4-6/h5-10H,1-4H3,(H,19,25);4-9,20-21H,1-3H3;3-8H,1-2H3,(H,16,23);3-8H,1-2H3,(H,16,19);2-7H,1H3;4H,1-3H3. The summed E-state index contributed by atoms with van der Waals surface area (Å²) < 4.78 is 15.7. The molecular weight excluding hydrogens is 1570 g/mol. The molecule has 5 aromatic carbocycles. The third-order valence-corrected chi connectivity index (χ3v) is 14.9. The molecule has 19 amide bonds. The molecular formula is C81H81N13O26. The fourth-order valence-corrected chi connectivity index (χ4v) is 9.58. The number of benzene rings is 5. The fraction of sp³-hybridized carbons (Fsp3) is 0.222. The van der Waals surface area contributed by atoms with E-state index in [0.29, 0.717) is 55.5 Å². The summed E-state index contributed by atoms with van der Waals surface area (Å²) >= 11 is 0. The zero-order valence-corrected chi connectivity index (χ0v) is 67.1. The van der Waals surface area contributed by atoms with Crippen LogP contribution in [0.4, 0.5) is 32.3 Å². The van der Waals surface area contributed by atoms with Crippen LogP contribution in [0.5, 0.6) is 11.8 Å². The summed E-state index contributed by atoms with van der Waals surface area (Å²) in [6, 6.07) is 31.6. The van der Waals surface area contributed by atoms with Gasteiger partial charge < -0.3 is 24.4 Å². The van der Waals surface area contributed by atoms with Crippen molar-refractivity contribution in [2.45, 2.75) is 121 Å². The maximum Gasteiger partial charge on any atom is 0.453 e. The molecule has 0 bridgehead atoms. The topological polar surface area (TPSA) is 515 Å². The molecule has 4 aliphatic rings. The SMILES string of the molecule is CC(=O)N(NC(=O)c1ccc(N2C(=O)C=CC2=O)cc1)C(=O)OC(C)(C)C.CC(=O)N(NC(=O)c1ccc(N2C(=O)C=CC2=O)cc1)C(C)=O.CC(=O)NN(C(C)=O)C(=O)c1ccc(N2C(=O)C=CC2=O)cc1.CC(=O)c1ccc(N2C(=O)C=CC2=O)cc1.CC(C)(C)OC(=O)N=NC(=O)c1ccc(-n2c(O)ccc2O)cc1.CC(C)(C)OC=O. The fourth-order valence-electron chi connectivity index (χ4n) is 9.58. The van der Waals surface area contributed by atoms with Gasteiger partial charge in [0.25, 0.3) is 77.4 Å². The normalized spacial score (nSPS) is 13.0. The van der Waals surface area contributed by atoms with Gasteiger partial charge in [0.1, 0.15) is 16.8 Å². The Morgan fingerprint density at radius 3 is 0.917 bits per heavy atom. The van der Waals surface area contributed by atoms with E-state index in [4.69, 9.17) is 9.47 Å². The number of aromatic hydroxyl groups is 2. The second kappa shape index (κ2) is 41.3. The molecule has 0 spiro atoms. The molecule has 10 rings (SSSR count). The van der Waals surface area contributed by atoms with Crippen LogP contribution in [0.3, 0.4) is 0 Å². The summed E-state index contributed by atoms with van der Waals surface area (Å²) in [6.45, 7) is 23.0. The van der Waals surface area contributed by atoms with Crippen LogP contribution in [0.25, 0.3) is 5.69 Å². The number of carbonyl (C=O) groups excluding carboxylic acids is 21. The van der Waals surface area contributed by atoms with Crippen molar-refractivity contribution >= 4 is 148 Å². The second-order valence-corrected chi connectivity index (χ2v) is 27.8. The number of hydrazine groups is 3. The maximum atomic E-state index is 12.3. The van der Waals surface area contributed by atoms with Crippen molar-refractivity contribution in [3.8, 4) is 17.4 Å². The highest BCUT2D eigenvalue weighted by molar-refractivity contribution is 6.30. The lowest BCUT2D eigenvalue weighted by Crippen LogP contribution is -2.50. The molecule has 39 nitrogen and oxygen atoms in total. The minimum atomic E-state index is -1.01. The number of anilines is 4. The van der Waals surface area contributed by atoms with Crippen LogP contribution >= 0.6 is 0 Å². The van der Waals surface area contributed by atoms with Crippen molar-refractivity contribution in [2.75, 3.05) is 19.6 Å². The molecule has 0 aliphatic carbocycles. The van der Waals surface area contributed by atoms with E-state index in [0.717, 1.165) is 83.8 Å². The molecule has 0 fully saturated rings. The summed E-state index contributed by atoms with van der Waals surface area (Å²) in [6.07, 6.45) is 7.38. The Kier molecular flexibility index (Phi) is 32.6. The van der Waals surface area contributed by atoms with E-state index >= 15 is 0 Å². The molecule has 626 valence electrons. The van der Waals surface area contributed by atoms with Crippen LogP contribution in [0, 0.1) is 0 Å². The highest BCUT2D eigenvalue weighted by Crippen LogP contribution is 2.28. The summed E-state index contributed by atoms with van der Waals surface area (Å²) in [5, 5.41) is 27.5. The van der Waals surface area contributed by atoms with Crippen LogP contribution in [-0.2, 0) is 81.3 Å². The predicted octanol–water partition coefficient (Wildman–Crippen LogP) is 7.55. The molecule has 120 heavy (non-hydrogen) atoms. The molecule has 0 radical (unpaired) electrons. The van der Waals surface area contributed by atoms with Crippen molar-refractivity contribution in [2.24, 2.45) is 10.2 Å². The lowest BCUT2D eigenvalue weighted by atomic mass is 10.1. The summed E-state index contributed by atoms with van der Waals surface area (Å²) in [4.78, 5) is 245. The molecule has 4 aliphatic heterocycles. The van der Waals surface area contributed by atoms with E-state index in [1.807, 2.05) is 20.8 Å². The van der Waals surface area contributed by atoms with E-state index in [1.165, 1.54) is 140 Å². The van der Waals surface area contributed by atoms with Crippen LogP contribution < -0.4 is 35.9 Å². The Morgan fingerprint density at radius 1 is 0.350 bits per heavy atom. The first kappa shape index (κ1) is 94.6. The lowest BCUT2D eigenvalue weighted by Gasteiger charge is -2.25. The first-order valence-electron chi connectivity index (χ1n) is 35.2. The smallest absolute Gasteiger partial charge is 0.453 e. The number of nitrogens with zero attached hydrogens (tertiary/aromatic N) is 10. The Labute approximate surface area is 683 Å². The number of imide groups is 7. The number of ketones is 1. The highest BCUT2D eigenvalue weighted by atomic mass is 16.6. The molecule has 5 N–H and O–H groups in total. The van der Waals surface area contributed by atoms with Gasteiger partial charge in [-0.05, 0) is 191 Å². The number of aromatic nitrogens is 1. The van der Waals surface area contributed by atoms with Crippen LogP contribution in [0.2, 0.25) is 0 Å². The third kappa shape index (κ3) is 27.7. The summed E-state index contributed by atoms with van der Waals surface area (Å²) in [5.41, 5.74) is 7.56. The van der Waals surface area contributed by atoms with Crippen LogP contribution in [0.15, 0.2) is 192 Å². The van der Waals surface area contributed by atoms with E-state index in [9.17, 15) is 111 Å². The van der Waals surface area contributed by atoms with Crippen molar-refractivity contribution in [1.82, 2.24) is 35.9 Å². The van der Waals surface area contributed by atoms with E-state index < -0.39 is 112 Å². The average molecular weight is 1650 g/mol. The molecule has 0 saturated carbocycles. The monoisotopic (exact) mass is 1650 g/mol. The zero-order valence-electron chi connectivity index (χ0n) is 67.1. The van der Waals surface area contributed by atoms with Crippen molar-refractivity contribution < 1.29 is 125 Å². The largest absolute Gasteiger partial charge is 0.494 e. The van der Waals surface area contributed by atoms with Gasteiger partial charge in [-0.1, -0.05) is 10.2 Å². The van der Waals surface area contributed by atoms with Gasteiger partial charge >= 0.3 is 12.2 Å². The first-order valence-corrected chi connectivity index (χ1v) is 35.2. The minimum absolute atomic E-state index is 0.0521. The van der Waals surface area contributed by atoms with Gasteiger partial charge in [-0.15, -0.1) is 0 Å². The Bertz CT molecular complexity index is 5130. The van der Waals surface area contributed by atoms with Gasteiger partial charge in [0.05, 0.1) is 28.4 Å². The zero-order chi connectivity index (χ0) is 90.2. The van der Waals surface area contributed by atoms with Crippen LogP contribution in [-0.4, -0.2) is 171 Å². The molecule has 0 unspecified atom stereocenters. The quantitative estimate of drug-likeness (QED) is 0.0209. The van der Waals surface area contributed by atoms with Crippen molar-refractivity contribution in [3.63, 3.8) is 0 Å². The Morgan fingerprint density at radius 2 is 0.642 bits per heavy atom. The van der Waals surface area contributed by atoms with Gasteiger partial charge in [0.2, 0.25) is 29.5 Å². The van der Waals surface area contributed by atoms with E-state index in [1.54, 1.807) is 65.8 Å². The second-order valence-electron chi connectivity index (χ2n) is 27.8. The lowest BCUT2D eigenvalue weighted by molar-refractivity contribution is -0.145. The number of ether oxygens (including phenoxy) is 3. The van der Waals surface area contributed by atoms with E-state index in [-0.39, 0.29) is 57.2 Å². The number of amides is 19. The highest BCUT2D eigenvalue weighted by Gasteiger charge is 2.32. The number of hydrogen-bond acceptors (Lipinski definition) is 26. The number of nitrogens with one attached hydrogen (secondary N) is 3. The molecule has 39 heteroatoms. The minimum Gasteiger partial charge on any atom is -0.494 e. The summed E-state index contributed by atoms with van der Waals surface area (Å²) in [5.74, 6) is -9.94. The first-order chi connectivity index (χ1) is 55.9. The Hall–Kier alpha value is -16.0. The van der Waals surface area contributed by atoms with Gasteiger partial charge in [0, 0.05) is 123 Å². The molecule has 1 aromatic heterocycles. The van der Waals surface area contributed by atoms with Crippen molar-refractivity contribution in [3.05, 3.63) is 210 Å². The number of azo groups is 1. The van der Waals surface area contributed by atoms with Gasteiger partial charge in [-0.25, -0.2) is 29.2 Å². The number of Topliss-reactive ketones (excluding diaryl/α,β-unsaturated/α-hetero) is 1. The summed E-state index contributed by atoms with van der Waals surface area (Å²) in [7, 11) is 0. The number of rotatable bonds is 11. The van der Waals surface area contributed by atoms with E-state index in [2.05, 4.69) is 31.2 Å². The molecule has 0 atom stereocenters. The molecule has 5 heterocycles. The van der Waals surface area contributed by atoms with Gasteiger partial charge in [0.15, 0.2) is 17.5 Å². The molecule has 0 saturated heterocycles.